The number of aromatic amines is 1. The molecule has 1 aromatic heterocycles. The van der Waals surface area contributed by atoms with Gasteiger partial charge in [0.15, 0.2) is 0 Å². The lowest BCUT2D eigenvalue weighted by Gasteiger charge is -2.08. The van der Waals surface area contributed by atoms with Crippen LogP contribution in [0.5, 0.6) is 0 Å². The third-order valence-corrected chi connectivity index (χ3v) is 3.80. The van der Waals surface area contributed by atoms with Crippen molar-refractivity contribution in [2.75, 3.05) is 13.1 Å². The zero-order valence-electron chi connectivity index (χ0n) is 13.8. The van der Waals surface area contributed by atoms with Gasteiger partial charge < -0.3 is 15.6 Å². The summed E-state index contributed by atoms with van der Waals surface area (Å²) in [6.45, 7) is 4.65. The van der Waals surface area contributed by atoms with E-state index in [1.165, 1.54) is 10.9 Å². The molecule has 2 rings (SSSR count). The topological polar surface area (TPSA) is 74.0 Å². The van der Waals surface area contributed by atoms with Gasteiger partial charge in [-0.25, -0.2) is 0 Å². The summed E-state index contributed by atoms with van der Waals surface area (Å²) in [5, 5.41) is 6.84. The molecule has 1 aromatic carbocycles. The molecule has 0 atom stereocenters. The number of rotatable bonds is 8. The number of benzene rings is 1. The number of H-pyrrole nitrogens is 1. The SMILES string of the molecule is CC(C)C(=O)NCCNC(=O)CCCc1c[nH]c2ccccc12. The molecule has 0 radical (unpaired) electrons. The fourth-order valence-electron chi connectivity index (χ4n) is 2.46. The summed E-state index contributed by atoms with van der Waals surface area (Å²) in [5.41, 5.74) is 2.38. The Hall–Kier alpha value is -2.30. The van der Waals surface area contributed by atoms with Crippen LogP contribution in [0.15, 0.2) is 30.5 Å². The molecule has 0 saturated carbocycles. The van der Waals surface area contributed by atoms with Gasteiger partial charge in [-0.1, -0.05) is 32.0 Å². The highest BCUT2D eigenvalue weighted by atomic mass is 16.2. The third-order valence-electron chi connectivity index (χ3n) is 3.80. The molecule has 124 valence electrons. The van der Waals surface area contributed by atoms with Gasteiger partial charge in [0.1, 0.15) is 0 Å². The molecule has 0 bridgehead atoms. The highest BCUT2D eigenvalue weighted by Gasteiger charge is 2.07. The van der Waals surface area contributed by atoms with Crippen LogP contribution in [-0.2, 0) is 16.0 Å². The van der Waals surface area contributed by atoms with E-state index in [1.54, 1.807) is 0 Å². The molecule has 0 fully saturated rings. The van der Waals surface area contributed by atoms with Crippen LogP contribution in [0.4, 0.5) is 0 Å². The van der Waals surface area contributed by atoms with E-state index < -0.39 is 0 Å². The first-order valence-electron chi connectivity index (χ1n) is 8.17. The van der Waals surface area contributed by atoms with Crippen molar-refractivity contribution in [2.24, 2.45) is 5.92 Å². The van der Waals surface area contributed by atoms with Gasteiger partial charge in [-0.05, 0) is 24.5 Å². The predicted molar refractivity (Wildman–Crippen MR) is 92.1 cm³/mol. The van der Waals surface area contributed by atoms with Crippen LogP contribution in [-0.4, -0.2) is 29.9 Å². The summed E-state index contributed by atoms with van der Waals surface area (Å²) in [6.07, 6.45) is 4.20. The van der Waals surface area contributed by atoms with E-state index in [2.05, 4.69) is 27.8 Å². The standard InChI is InChI=1S/C18H25N3O2/c1-13(2)18(23)20-11-10-19-17(22)9-5-6-14-12-21-16-8-4-3-7-15(14)16/h3-4,7-8,12-13,21H,5-6,9-11H2,1-2H3,(H,19,22)(H,20,23). The first-order chi connectivity index (χ1) is 11.1. The van der Waals surface area contributed by atoms with E-state index in [1.807, 2.05) is 32.2 Å². The second kappa shape index (κ2) is 8.36. The summed E-state index contributed by atoms with van der Waals surface area (Å²) in [6, 6.07) is 8.18. The third kappa shape index (κ3) is 5.13. The van der Waals surface area contributed by atoms with Crippen molar-refractivity contribution in [3.63, 3.8) is 0 Å². The van der Waals surface area contributed by atoms with Crippen molar-refractivity contribution in [1.29, 1.82) is 0 Å². The number of amides is 2. The summed E-state index contributed by atoms with van der Waals surface area (Å²) >= 11 is 0. The van der Waals surface area contributed by atoms with Crippen LogP contribution >= 0.6 is 0 Å². The Morgan fingerprint density at radius 2 is 1.87 bits per heavy atom. The molecule has 0 saturated heterocycles. The first kappa shape index (κ1) is 17.1. The van der Waals surface area contributed by atoms with E-state index in [4.69, 9.17) is 0 Å². The summed E-state index contributed by atoms with van der Waals surface area (Å²) < 4.78 is 0. The maximum atomic E-state index is 11.8. The van der Waals surface area contributed by atoms with Crippen LogP contribution in [0.2, 0.25) is 0 Å². The number of fused-ring (bicyclic) bond motifs is 1. The maximum Gasteiger partial charge on any atom is 0.222 e. The van der Waals surface area contributed by atoms with E-state index in [-0.39, 0.29) is 17.7 Å². The average Bonchev–Trinajstić information content (AvgIpc) is 2.94. The van der Waals surface area contributed by atoms with Crippen molar-refractivity contribution in [3.8, 4) is 0 Å². The van der Waals surface area contributed by atoms with Crippen molar-refractivity contribution in [3.05, 3.63) is 36.0 Å². The number of hydrogen-bond donors (Lipinski definition) is 3. The second-order valence-electron chi connectivity index (χ2n) is 6.01. The predicted octanol–water partition coefficient (Wildman–Crippen LogP) is 2.38. The number of hydrogen-bond acceptors (Lipinski definition) is 2. The normalized spacial score (nSPS) is 10.9. The van der Waals surface area contributed by atoms with Crippen molar-refractivity contribution < 1.29 is 9.59 Å². The van der Waals surface area contributed by atoms with Gasteiger partial charge in [0.2, 0.25) is 11.8 Å². The molecule has 5 heteroatoms. The van der Waals surface area contributed by atoms with Crippen LogP contribution in [0, 0.1) is 5.92 Å². The summed E-state index contributed by atoms with van der Waals surface area (Å²) in [4.78, 5) is 26.4. The number of nitrogens with one attached hydrogen (secondary N) is 3. The molecule has 5 nitrogen and oxygen atoms in total. The first-order valence-corrected chi connectivity index (χ1v) is 8.17. The largest absolute Gasteiger partial charge is 0.361 e. The minimum absolute atomic E-state index is 0.0126. The van der Waals surface area contributed by atoms with E-state index in [0.717, 1.165) is 18.4 Å². The van der Waals surface area contributed by atoms with E-state index in [9.17, 15) is 9.59 Å². The molecule has 0 unspecified atom stereocenters. The highest BCUT2D eigenvalue weighted by Crippen LogP contribution is 2.19. The molecule has 0 aliphatic rings. The summed E-state index contributed by atoms with van der Waals surface area (Å²) in [7, 11) is 0. The van der Waals surface area contributed by atoms with E-state index in [0.29, 0.717) is 19.5 Å². The molecule has 2 aromatic rings. The number of carbonyl (C=O) groups excluding carboxylic acids is 2. The van der Waals surface area contributed by atoms with Gasteiger partial charge in [-0.15, -0.1) is 0 Å². The molecule has 23 heavy (non-hydrogen) atoms. The fourth-order valence-corrected chi connectivity index (χ4v) is 2.46. The van der Waals surface area contributed by atoms with Crippen LogP contribution in [0.1, 0.15) is 32.3 Å². The van der Waals surface area contributed by atoms with Crippen LogP contribution in [0.3, 0.4) is 0 Å². The lowest BCUT2D eigenvalue weighted by atomic mass is 10.1. The number of aromatic nitrogens is 1. The smallest absolute Gasteiger partial charge is 0.222 e. The molecule has 0 aliphatic carbocycles. The van der Waals surface area contributed by atoms with Gasteiger partial charge in [-0.2, -0.15) is 0 Å². The van der Waals surface area contributed by atoms with Crippen LogP contribution in [0.25, 0.3) is 10.9 Å². The van der Waals surface area contributed by atoms with Gasteiger partial charge in [0.25, 0.3) is 0 Å². The Kier molecular flexibility index (Phi) is 6.20. The molecule has 0 spiro atoms. The molecule has 0 aliphatic heterocycles. The Morgan fingerprint density at radius 1 is 1.13 bits per heavy atom. The van der Waals surface area contributed by atoms with Gasteiger partial charge >= 0.3 is 0 Å². The lowest BCUT2D eigenvalue weighted by Crippen LogP contribution is -2.36. The Balaban J connectivity index is 1.64. The molecule has 1 heterocycles. The molecular formula is C18H25N3O2. The Labute approximate surface area is 136 Å². The maximum absolute atomic E-state index is 11.8. The number of aryl methyl sites for hydroxylation is 1. The summed E-state index contributed by atoms with van der Waals surface area (Å²) in [5.74, 6) is 0.0177. The molecule has 3 N–H and O–H groups in total. The Bertz CT molecular complexity index is 661. The number of para-hydroxylation sites is 1. The highest BCUT2D eigenvalue weighted by molar-refractivity contribution is 5.83. The quantitative estimate of drug-likeness (QED) is 0.654. The minimum Gasteiger partial charge on any atom is -0.361 e. The second-order valence-corrected chi connectivity index (χ2v) is 6.01. The number of carbonyl (C=O) groups is 2. The molecule has 2 amide bonds. The van der Waals surface area contributed by atoms with E-state index >= 15 is 0 Å². The van der Waals surface area contributed by atoms with Crippen molar-refractivity contribution >= 4 is 22.7 Å². The lowest BCUT2D eigenvalue weighted by molar-refractivity contribution is -0.124. The van der Waals surface area contributed by atoms with Gasteiger partial charge in [0, 0.05) is 42.5 Å². The van der Waals surface area contributed by atoms with Crippen molar-refractivity contribution in [1.82, 2.24) is 15.6 Å². The average molecular weight is 315 g/mol. The Morgan fingerprint density at radius 3 is 2.65 bits per heavy atom. The van der Waals surface area contributed by atoms with Crippen LogP contribution < -0.4 is 10.6 Å². The van der Waals surface area contributed by atoms with Crippen molar-refractivity contribution in [2.45, 2.75) is 33.1 Å². The zero-order valence-corrected chi connectivity index (χ0v) is 13.8. The monoisotopic (exact) mass is 315 g/mol. The fraction of sp³-hybridized carbons (Fsp3) is 0.444. The zero-order chi connectivity index (χ0) is 16.7. The van der Waals surface area contributed by atoms with Gasteiger partial charge in [0.05, 0.1) is 0 Å². The van der Waals surface area contributed by atoms with Gasteiger partial charge in [-0.3, -0.25) is 9.59 Å². The minimum atomic E-state index is -0.0260. The molecular weight excluding hydrogens is 290 g/mol.